The van der Waals surface area contributed by atoms with Gasteiger partial charge in [-0.1, -0.05) is 25.0 Å². The molecule has 3 N–H and O–H groups in total. The number of benzene rings is 1. The molecule has 0 saturated heterocycles. The average molecular weight is 289 g/mol. The fourth-order valence-electron chi connectivity index (χ4n) is 2.90. The molecule has 1 saturated carbocycles. The van der Waals surface area contributed by atoms with E-state index in [2.05, 4.69) is 4.74 Å². The Kier molecular flexibility index (Phi) is 4.25. The number of hydrogen-bond acceptors (Lipinski definition) is 3. The topological polar surface area (TPSA) is 55.5 Å². The first-order valence-electron chi connectivity index (χ1n) is 6.62. The van der Waals surface area contributed by atoms with Gasteiger partial charge in [0.25, 0.3) is 0 Å². The molecule has 1 aliphatic rings. The highest BCUT2D eigenvalue weighted by Gasteiger charge is 2.40. The van der Waals surface area contributed by atoms with E-state index in [1.165, 1.54) is 12.1 Å². The van der Waals surface area contributed by atoms with Crippen molar-refractivity contribution < 1.29 is 23.0 Å². The number of alkyl halides is 3. The molecule has 20 heavy (non-hydrogen) atoms. The zero-order valence-electron chi connectivity index (χ0n) is 11.0. The molecule has 0 radical (unpaired) electrons. The van der Waals surface area contributed by atoms with Crippen molar-refractivity contribution in [1.29, 1.82) is 0 Å². The molecule has 6 heteroatoms. The van der Waals surface area contributed by atoms with Crippen LogP contribution in [-0.2, 0) is 5.41 Å². The zero-order chi connectivity index (χ0) is 14.8. The number of nitrogens with two attached hydrogens (primary N) is 1. The number of aliphatic hydroxyl groups excluding tert-OH is 1. The predicted octanol–water partition coefficient (Wildman–Crippen LogP) is 2.72. The molecular formula is C14H18F3NO2. The molecule has 1 aliphatic carbocycles. The first kappa shape index (κ1) is 15.1. The Hall–Kier alpha value is -1.27. The van der Waals surface area contributed by atoms with Gasteiger partial charge in [0.05, 0.1) is 6.10 Å². The Morgan fingerprint density at radius 2 is 1.90 bits per heavy atom. The van der Waals surface area contributed by atoms with Crippen LogP contribution in [0, 0.1) is 0 Å². The van der Waals surface area contributed by atoms with Crippen molar-refractivity contribution in [3.63, 3.8) is 0 Å². The molecule has 0 spiro atoms. The van der Waals surface area contributed by atoms with Crippen LogP contribution in [0.2, 0.25) is 0 Å². The van der Waals surface area contributed by atoms with E-state index in [1.54, 1.807) is 12.1 Å². The summed E-state index contributed by atoms with van der Waals surface area (Å²) in [5, 5.41) is 10.2. The second-order valence-electron chi connectivity index (χ2n) is 5.19. The maximum atomic E-state index is 12.1. The van der Waals surface area contributed by atoms with Crippen LogP contribution >= 0.6 is 0 Å². The first-order chi connectivity index (χ1) is 9.37. The van der Waals surface area contributed by atoms with Crippen molar-refractivity contribution in [3.05, 3.63) is 29.8 Å². The van der Waals surface area contributed by atoms with Gasteiger partial charge in [0.2, 0.25) is 0 Å². The first-order valence-corrected chi connectivity index (χ1v) is 6.62. The molecular weight excluding hydrogens is 271 g/mol. The maximum Gasteiger partial charge on any atom is 0.573 e. The molecule has 1 fully saturated rings. The quantitative estimate of drug-likeness (QED) is 0.899. The number of aliphatic hydroxyl groups is 1. The normalized spacial score (nSPS) is 27.4. The van der Waals surface area contributed by atoms with Gasteiger partial charge in [-0.15, -0.1) is 13.2 Å². The van der Waals surface area contributed by atoms with Crippen LogP contribution in [-0.4, -0.2) is 24.1 Å². The van der Waals surface area contributed by atoms with Gasteiger partial charge in [-0.2, -0.15) is 0 Å². The Balaban J connectivity index is 2.23. The van der Waals surface area contributed by atoms with E-state index in [0.29, 0.717) is 6.42 Å². The van der Waals surface area contributed by atoms with Crippen LogP contribution < -0.4 is 10.5 Å². The molecule has 0 bridgehead atoms. The highest BCUT2D eigenvalue weighted by atomic mass is 19.4. The minimum Gasteiger partial charge on any atom is -0.406 e. The number of ether oxygens (including phenoxy) is 1. The monoisotopic (exact) mass is 289 g/mol. The molecule has 112 valence electrons. The lowest BCUT2D eigenvalue weighted by atomic mass is 9.67. The second-order valence-corrected chi connectivity index (χ2v) is 5.19. The predicted molar refractivity (Wildman–Crippen MR) is 68.3 cm³/mol. The van der Waals surface area contributed by atoms with E-state index in [1.807, 2.05) is 0 Å². The van der Waals surface area contributed by atoms with Gasteiger partial charge in [-0.3, -0.25) is 0 Å². The van der Waals surface area contributed by atoms with Gasteiger partial charge in [0.15, 0.2) is 0 Å². The maximum absolute atomic E-state index is 12.1. The second kappa shape index (κ2) is 5.61. The molecule has 2 atom stereocenters. The van der Waals surface area contributed by atoms with Gasteiger partial charge >= 0.3 is 6.36 Å². The van der Waals surface area contributed by atoms with E-state index >= 15 is 0 Å². The van der Waals surface area contributed by atoms with Gasteiger partial charge in [-0.25, -0.2) is 0 Å². The molecule has 3 nitrogen and oxygen atoms in total. The van der Waals surface area contributed by atoms with Gasteiger partial charge in [0, 0.05) is 12.0 Å². The van der Waals surface area contributed by atoms with Gasteiger partial charge in [0.1, 0.15) is 5.75 Å². The number of halogens is 3. The fraction of sp³-hybridized carbons (Fsp3) is 0.571. The molecule has 0 aliphatic heterocycles. The molecule has 0 heterocycles. The van der Waals surface area contributed by atoms with E-state index in [0.717, 1.165) is 24.8 Å². The van der Waals surface area contributed by atoms with E-state index < -0.39 is 17.9 Å². The number of rotatable bonds is 3. The Morgan fingerprint density at radius 1 is 1.25 bits per heavy atom. The highest BCUT2D eigenvalue weighted by Crippen LogP contribution is 2.39. The minimum absolute atomic E-state index is 0.265. The van der Waals surface area contributed by atoms with Crippen LogP contribution in [0.3, 0.4) is 0 Å². The van der Waals surface area contributed by atoms with Crippen LogP contribution in [0.1, 0.15) is 31.2 Å². The molecule has 2 rings (SSSR count). The van der Waals surface area contributed by atoms with Crippen molar-refractivity contribution in [1.82, 2.24) is 0 Å². The summed E-state index contributed by atoms with van der Waals surface area (Å²) < 4.78 is 40.2. The lowest BCUT2D eigenvalue weighted by Gasteiger charge is -2.41. The lowest BCUT2D eigenvalue weighted by Crippen LogP contribution is -2.47. The van der Waals surface area contributed by atoms with Gasteiger partial charge < -0.3 is 15.6 Å². The standard InChI is InChI=1S/C14H18F3NO2/c15-14(16,17)20-11-6-4-10(5-7-11)13(9-18)8-2-1-3-12(13)19/h4-7,12,19H,1-3,8-9,18H2/t12-,13+/m0/s1. The summed E-state index contributed by atoms with van der Waals surface area (Å²) in [7, 11) is 0. The summed E-state index contributed by atoms with van der Waals surface area (Å²) in [6.07, 6.45) is -1.96. The highest BCUT2D eigenvalue weighted by molar-refractivity contribution is 5.34. The summed E-state index contributed by atoms with van der Waals surface area (Å²) >= 11 is 0. The van der Waals surface area contributed by atoms with Crippen LogP contribution in [0.15, 0.2) is 24.3 Å². The molecule has 0 aromatic heterocycles. The average Bonchev–Trinajstić information content (AvgIpc) is 2.39. The molecule has 0 amide bonds. The zero-order valence-corrected chi connectivity index (χ0v) is 11.0. The van der Waals surface area contributed by atoms with Crippen molar-refractivity contribution in [2.75, 3.05) is 6.54 Å². The molecule has 0 unspecified atom stereocenters. The van der Waals surface area contributed by atoms with Crippen LogP contribution in [0.4, 0.5) is 13.2 Å². The van der Waals surface area contributed by atoms with E-state index in [9.17, 15) is 18.3 Å². The third-order valence-corrected chi connectivity index (χ3v) is 4.02. The third-order valence-electron chi connectivity index (χ3n) is 4.02. The van der Waals surface area contributed by atoms with E-state index in [-0.39, 0.29) is 12.3 Å². The van der Waals surface area contributed by atoms with Crippen molar-refractivity contribution in [2.45, 2.75) is 43.6 Å². The number of hydrogen-bond donors (Lipinski definition) is 2. The SMILES string of the molecule is NC[C@@]1(c2ccc(OC(F)(F)F)cc2)CCCC[C@@H]1O. The molecule has 1 aromatic rings. The van der Waals surface area contributed by atoms with Crippen LogP contribution in [0.25, 0.3) is 0 Å². The Morgan fingerprint density at radius 3 is 2.40 bits per heavy atom. The Bertz CT molecular complexity index is 447. The van der Waals surface area contributed by atoms with Gasteiger partial charge in [-0.05, 0) is 30.5 Å². The fourth-order valence-corrected chi connectivity index (χ4v) is 2.90. The van der Waals surface area contributed by atoms with Crippen molar-refractivity contribution >= 4 is 0 Å². The lowest BCUT2D eigenvalue weighted by molar-refractivity contribution is -0.274. The van der Waals surface area contributed by atoms with Crippen LogP contribution in [0.5, 0.6) is 5.75 Å². The summed E-state index contributed by atoms with van der Waals surface area (Å²) in [6, 6.07) is 5.65. The van der Waals surface area contributed by atoms with Crippen molar-refractivity contribution in [2.24, 2.45) is 5.73 Å². The Labute approximate surface area is 115 Å². The van der Waals surface area contributed by atoms with E-state index in [4.69, 9.17) is 5.73 Å². The minimum atomic E-state index is -4.70. The van der Waals surface area contributed by atoms with Crippen molar-refractivity contribution in [3.8, 4) is 5.75 Å². The largest absolute Gasteiger partial charge is 0.573 e. The summed E-state index contributed by atoms with van der Waals surface area (Å²) in [6.45, 7) is 0.271. The summed E-state index contributed by atoms with van der Waals surface area (Å²) in [5.41, 5.74) is 6.03. The molecule has 1 aromatic carbocycles. The third kappa shape index (κ3) is 3.07. The summed E-state index contributed by atoms with van der Waals surface area (Å²) in [4.78, 5) is 0. The summed E-state index contributed by atoms with van der Waals surface area (Å²) in [5.74, 6) is -0.265. The smallest absolute Gasteiger partial charge is 0.406 e.